The fourth-order valence-electron chi connectivity index (χ4n) is 2.62. The SMILES string of the molecule is CC(C)(C)OC(=O)n1ncc2cc(Nc3nc(Cl)nc4sccc34)ccc21. The van der Waals surface area contributed by atoms with E-state index in [1.54, 1.807) is 6.20 Å². The van der Waals surface area contributed by atoms with Gasteiger partial charge in [-0.25, -0.2) is 9.78 Å². The van der Waals surface area contributed by atoms with Crippen molar-refractivity contribution in [3.05, 3.63) is 41.1 Å². The molecule has 0 saturated carbocycles. The third-order valence-electron chi connectivity index (χ3n) is 3.69. The van der Waals surface area contributed by atoms with Crippen molar-refractivity contribution in [2.75, 3.05) is 5.32 Å². The topological polar surface area (TPSA) is 81.9 Å². The molecule has 1 N–H and O–H groups in total. The van der Waals surface area contributed by atoms with Crippen LogP contribution in [0.3, 0.4) is 0 Å². The maximum absolute atomic E-state index is 12.3. The van der Waals surface area contributed by atoms with Gasteiger partial charge in [0.05, 0.1) is 17.1 Å². The van der Waals surface area contributed by atoms with Crippen molar-refractivity contribution in [1.82, 2.24) is 19.7 Å². The predicted octanol–water partition coefficient (Wildman–Crippen LogP) is 5.22. The Morgan fingerprint density at radius 1 is 1.26 bits per heavy atom. The lowest BCUT2D eigenvalue weighted by atomic mass is 10.2. The fraction of sp³-hybridized carbons (Fsp3) is 0.222. The summed E-state index contributed by atoms with van der Waals surface area (Å²) in [6, 6.07) is 7.48. The Balaban J connectivity index is 1.66. The van der Waals surface area contributed by atoms with Crippen molar-refractivity contribution in [2.45, 2.75) is 26.4 Å². The number of thiophene rings is 1. The molecule has 27 heavy (non-hydrogen) atoms. The van der Waals surface area contributed by atoms with Gasteiger partial charge in [-0.1, -0.05) is 0 Å². The van der Waals surface area contributed by atoms with Crippen LogP contribution in [0.5, 0.6) is 0 Å². The van der Waals surface area contributed by atoms with Gasteiger partial charge >= 0.3 is 6.09 Å². The second-order valence-corrected chi connectivity index (χ2v) is 8.15. The van der Waals surface area contributed by atoms with E-state index in [-0.39, 0.29) is 5.28 Å². The van der Waals surface area contributed by atoms with Crippen molar-refractivity contribution in [3.63, 3.8) is 0 Å². The Bertz CT molecular complexity index is 1160. The van der Waals surface area contributed by atoms with Crippen LogP contribution in [0.1, 0.15) is 20.8 Å². The van der Waals surface area contributed by atoms with Gasteiger partial charge in [0.25, 0.3) is 0 Å². The molecule has 4 rings (SSSR count). The summed E-state index contributed by atoms with van der Waals surface area (Å²) in [5.74, 6) is 0.630. The number of aromatic nitrogens is 4. The monoisotopic (exact) mass is 401 g/mol. The van der Waals surface area contributed by atoms with Gasteiger partial charge in [0.1, 0.15) is 16.2 Å². The van der Waals surface area contributed by atoms with E-state index >= 15 is 0 Å². The number of nitrogens with zero attached hydrogens (tertiary/aromatic N) is 4. The minimum atomic E-state index is -0.588. The van der Waals surface area contributed by atoms with Crippen molar-refractivity contribution in [2.24, 2.45) is 0 Å². The Hall–Kier alpha value is -2.71. The van der Waals surface area contributed by atoms with Crippen LogP contribution < -0.4 is 5.32 Å². The van der Waals surface area contributed by atoms with Gasteiger partial charge < -0.3 is 10.1 Å². The van der Waals surface area contributed by atoms with Crippen LogP contribution in [0.2, 0.25) is 5.28 Å². The van der Waals surface area contributed by atoms with Crippen molar-refractivity contribution in [3.8, 4) is 0 Å². The third kappa shape index (κ3) is 3.58. The number of hydrogen-bond donors (Lipinski definition) is 1. The number of benzene rings is 1. The second-order valence-electron chi connectivity index (χ2n) is 6.92. The van der Waals surface area contributed by atoms with Crippen LogP contribution in [0, 0.1) is 0 Å². The van der Waals surface area contributed by atoms with Gasteiger partial charge in [-0.3, -0.25) is 0 Å². The molecular weight excluding hydrogens is 386 g/mol. The normalized spacial score (nSPS) is 11.9. The molecule has 7 nitrogen and oxygen atoms in total. The highest BCUT2D eigenvalue weighted by Gasteiger charge is 2.20. The highest BCUT2D eigenvalue weighted by atomic mass is 35.5. The molecule has 0 unspecified atom stereocenters. The van der Waals surface area contributed by atoms with Gasteiger partial charge in [0, 0.05) is 11.1 Å². The first-order chi connectivity index (χ1) is 12.8. The molecule has 0 spiro atoms. The molecule has 0 bridgehead atoms. The zero-order valence-corrected chi connectivity index (χ0v) is 16.4. The molecular formula is C18H16ClN5O2S. The lowest BCUT2D eigenvalue weighted by molar-refractivity contribution is 0.0523. The number of ether oxygens (including phenoxy) is 1. The van der Waals surface area contributed by atoms with Crippen molar-refractivity contribution in [1.29, 1.82) is 0 Å². The minimum Gasteiger partial charge on any atom is -0.442 e. The molecule has 0 radical (unpaired) electrons. The average Bonchev–Trinajstić information content (AvgIpc) is 3.19. The number of anilines is 2. The van der Waals surface area contributed by atoms with Crippen LogP contribution in [0.15, 0.2) is 35.8 Å². The number of carbonyl (C=O) groups is 1. The molecule has 1 aromatic carbocycles. The Kier molecular flexibility index (Phi) is 4.24. The van der Waals surface area contributed by atoms with Gasteiger partial charge in [0.2, 0.25) is 5.28 Å². The molecule has 0 atom stereocenters. The van der Waals surface area contributed by atoms with Crippen molar-refractivity contribution >= 4 is 61.7 Å². The standard InChI is InChI=1S/C18H16ClN5O2S/c1-18(2,3)26-17(25)24-13-5-4-11(8-10(13)9-20-24)21-14-12-6-7-27-15(12)23-16(19)22-14/h4-9H,1-3H3,(H,21,22,23). The van der Waals surface area contributed by atoms with Gasteiger partial charge in [-0.05, 0) is 62.0 Å². The summed E-state index contributed by atoms with van der Waals surface area (Å²) >= 11 is 7.51. The lowest BCUT2D eigenvalue weighted by Crippen LogP contribution is -2.27. The van der Waals surface area contributed by atoms with Gasteiger partial charge in [-0.15, -0.1) is 11.3 Å². The number of halogens is 1. The molecule has 0 amide bonds. The zero-order valence-electron chi connectivity index (χ0n) is 14.9. The number of carbonyl (C=O) groups excluding carboxylic acids is 1. The fourth-order valence-corrected chi connectivity index (χ4v) is 3.61. The highest BCUT2D eigenvalue weighted by molar-refractivity contribution is 7.16. The van der Waals surface area contributed by atoms with Crippen LogP contribution in [-0.2, 0) is 4.74 Å². The van der Waals surface area contributed by atoms with Crippen LogP contribution in [0.25, 0.3) is 21.1 Å². The molecule has 138 valence electrons. The molecule has 0 aliphatic carbocycles. The van der Waals surface area contributed by atoms with Crippen LogP contribution in [0.4, 0.5) is 16.3 Å². The number of hydrogen-bond acceptors (Lipinski definition) is 7. The molecule has 3 aromatic heterocycles. The molecule has 0 aliphatic heterocycles. The average molecular weight is 402 g/mol. The summed E-state index contributed by atoms with van der Waals surface area (Å²) in [7, 11) is 0. The molecule has 0 aliphatic rings. The Labute approximate surface area is 163 Å². The number of fused-ring (bicyclic) bond motifs is 2. The predicted molar refractivity (Wildman–Crippen MR) is 107 cm³/mol. The van der Waals surface area contributed by atoms with E-state index in [2.05, 4.69) is 20.4 Å². The van der Waals surface area contributed by atoms with Crippen LogP contribution in [-0.4, -0.2) is 31.4 Å². The molecule has 0 saturated heterocycles. The maximum atomic E-state index is 12.3. The first-order valence-electron chi connectivity index (χ1n) is 8.19. The first kappa shape index (κ1) is 17.7. The van der Waals surface area contributed by atoms with Crippen LogP contribution >= 0.6 is 22.9 Å². The first-order valence-corrected chi connectivity index (χ1v) is 9.45. The quantitative estimate of drug-likeness (QED) is 0.463. The summed E-state index contributed by atoms with van der Waals surface area (Å²) < 4.78 is 6.64. The minimum absolute atomic E-state index is 0.186. The Morgan fingerprint density at radius 2 is 2.07 bits per heavy atom. The number of nitrogens with one attached hydrogen (secondary N) is 1. The maximum Gasteiger partial charge on any atom is 0.435 e. The summed E-state index contributed by atoms with van der Waals surface area (Å²) in [5.41, 5.74) is 0.874. The summed E-state index contributed by atoms with van der Waals surface area (Å²) in [6.07, 6.45) is 1.11. The van der Waals surface area contributed by atoms with E-state index in [9.17, 15) is 4.79 Å². The van der Waals surface area contributed by atoms with E-state index in [0.717, 1.165) is 21.3 Å². The van der Waals surface area contributed by atoms with E-state index in [0.29, 0.717) is 11.3 Å². The van der Waals surface area contributed by atoms with E-state index in [1.807, 2.05) is 50.4 Å². The van der Waals surface area contributed by atoms with Gasteiger partial charge in [0.15, 0.2) is 0 Å². The molecule has 0 fully saturated rings. The summed E-state index contributed by atoms with van der Waals surface area (Å²) in [6.45, 7) is 5.45. The van der Waals surface area contributed by atoms with Crippen molar-refractivity contribution < 1.29 is 9.53 Å². The molecule has 4 aromatic rings. The zero-order chi connectivity index (χ0) is 19.2. The Morgan fingerprint density at radius 3 is 2.85 bits per heavy atom. The molecule has 9 heteroatoms. The highest BCUT2D eigenvalue weighted by Crippen LogP contribution is 2.29. The number of rotatable bonds is 2. The lowest BCUT2D eigenvalue weighted by Gasteiger charge is -2.19. The largest absolute Gasteiger partial charge is 0.442 e. The van der Waals surface area contributed by atoms with Gasteiger partial charge in [-0.2, -0.15) is 14.8 Å². The molecule has 3 heterocycles. The summed E-state index contributed by atoms with van der Waals surface area (Å²) in [4.78, 5) is 21.6. The second kappa shape index (κ2) is 6.47. The van der Waals surface area contributed by atoms with E-state index < -0.39 is 11.7 Å². The van der Waals surface area contributed by atoms with E-state index in [1.165, 1.54) is 16.0 Å². The summed E-state index contributed by atoms with van der Waals surface area (Å²) in [5, 5.41) is 11.2. The third-order valence-corrected chi connectivity index (χ3v) is 4.67. The smallest absolute Gasteiger partial charge is 0.435 e. The van der Waals surface area contributed by atoms with E-state index in [4.69, 9.17) is 16.3 Å².